The quantitative estimate of drug-likeness (QED) is 0.278. The van der Waals surface area contributed by atoms with E-state index in [9.17, 15) is 0 Å². The van der Waals surface area contributed by atoms with Gasteiger partial charge >= 0.3 is 0 Å². The number of hydrazone groups is 1. The number of nitrogens with one attached hydrogen (secondary N) is 1. The van der Waals surface area contributed by atoms with E-state index in [1.807, 2.05) is 6.08 Å². The molecule has 0 rings (SSSR count). The first kappa shape index (κ1) is 9.01. The van der Waals surface area contributed by atoms with E-state index in [1.165, 1.54) is 6.40 Å². The zero-order chi connectivity index (χ0) is 7.82. The summed E-state index contributed by atoms with van der Waals surface area (Å²) in [5, 5.41) is 3.62. The van der Waals surface area contributed by atoms with Crippen LogP contribution in [0.25, 0.3) is 0 Å². The lowest BCUT2D eigenvalue weighted by atomic mass is 10.2. The maximum atomic E-state index is 4.85. The van der Waals surface area contributed by atoms with Gasteiger partial charge in [-0.25, -0.2) is 0 Å². The van der Waals surface area contributed by atoms with Crippen LogP contribution in [0.1, 0.15) is 13.8 Å². The van der Waals surface area contributed by atoms with Gasteiger partial charge < -0.3 is 10.2 Å². The molecule has 3 heteroatoms. The van der Waals surface area contributed by atoms with E-state index in [2.05, 4.69) is 24.4 Å². The summed E-state index contributed by atoms with van der Waals surface area (Å²) in [6, 6.07) is 0. The molecule has 0 aromatic carbocycles. The first-order valence-electron chi connectivity index (χ1n) is 3.27. The second kappa shape index (κ2) is 6.13. The molecule has 0 saturated heterocycles. The fourth-order valence-electron chi connectivity index (χ4n) is 0.321. The van der Waals surface area contributed by atoms with Crippen molar-refractivity contribution in [2.45, 2.75) is 13.8 Å². The predicted molar refractivity (Wildman–Crippen MR) is 42.6 cm³/mol. The topological polar surface area (TPSA) is 33.6 Å². The number of rotatable bonds is 4. The molecule has 0 aromatic heterocycles. The summed E-state index contributed by atoms with van der Waals surface area (Å²) in [5.41, 5.74) is 2.57. The van der Waals surface area contributed by atoms with Gasteiger partial charge in [-0.05, 0) is 12.0 Å². The number of hydrogen-bond acceptors (Lipinski definition) is 3. The fraction of sp³-hybridized carbons (Fsp3) is 0.571. The average Bonchev–Trinajstić information content (AvgIpc) is 1.87. The predicted octanol–water partition coefficient (Wildman–Crippen LogP) is 1.34. The Labute approximate surface area is 61.8 Å². The van der Waals surface area contributed by atoms with Crippen LogP contribution in [0.15, 0.2) is 17.4 Å². The van der Waals surface area contributed by atoms with Gasteiger partial charge in [0.15, 0.2) is 6.40 Å². The molecule has 0 radical (unpaired) electrons. The summed E-state index contributed by atoms with van der Waals surface area (Å²) in [7, 11) is 1.71. The highest BCUT2D eigenvalue weighted by atomic mass is 16.5. The summed E-state index contributed by atoms with van der Waals surface area (Å²) >= 11 is 0. The highest BCUT2D eigenvalue weighted by Gasteiger charge is 1.80. The van der Waals surface area contributed by atoms with Crippen LogP contribution in [-0.4, -0.2) is 13.4 Å². The molecule has 0 amide bonds. The van der Waals surface area contributed by atoms with Crippen LogP contribution >= 0.6 is 0 Å². The van der Waals surface area contributed by atoms with E-state index in [-0.39, 0.29) is 0 Å². The van der Waals surface area contributed by atoms with Crippen molar-refractivity contribution >= 4 is 6.40 Å². The molecule has 0 aliphatic heterocycles. The normalized spacial score (nSPS) is 11.6. The van der Waals surface area contributed by atoms with Crippen LogP contribution in [0.5, 0.6) is 0 Å². The van der Waals surface area contributed by atoms with E-state index >= 15 is 0 Å². The van der Waals surface area contributed by atoms with Crippen LogP contribution in [0.2, 0.25) is 0 Å². The van der Waals surface area contributed by atoms with E-state index in [4.69, 9.17) is 4.74 Å². The minimum atomic E-state index is 0.517. The van der Waals surface area contributed by atoms with Gasteiger partial charge in [-0.2, -0.15) is 0 Å². The third-order valence-corrected chi connectivity index (χ3v) is 0.785. The molecule has 0 aromatic rings. The Morgan fingerprint density at radius 1 is 1.50 bits per heavy atom. The van der Waals surface area contributed by atoms with Gasteiger partial charge in [0.25, 0.3) is 0 Å². The minimum absolute atomic E-state index is 0.517. The highest BCUT2D eigenvalue weighted by molar-refractivity contribution is 5.46. The molecule has 10 heavy (non-hydrogen) atoms. The van der Waals surface area contributed by atoms with Gasteiger partial charge in [-0.3, -0.25) is 0 Å². The molecule has 0 bridgehead atoms. The molecule has 1 N–H and O–H groups in total. The van der Waals surface area contributed by atoms with Gasteiger partial charge in [0.2, 0.25) is 0 Å². The Hall–Kier alpha value is -0.990. The van der Waals surface area contributed by atoms with Gasteiger partial charge in [0.05, 0.1) is 6.26 Å². The van der Waals surface area contributed by atoms with Crippen molar-refractivity contribution in [3.05, 3.63) is 12.3 Å². The van der Waals surface area contributed by atoms with Gasteiger partial charge in [-0.1, -0.05) is 13.8 Å². The average molecular weight is 142 g/mol. The molecule has 0 spiro atoms. The first-order valence-corrected chi connectivity index (χ1v) is 3.27. The molecule has 0 aliphatic carbocycles. The molecule has 0 fully saturated rings. The van der Waals surface area contributed by atoms with Gasteiger partial charge in [-0.15, -0.1) is 5.10 Å². The summed E-state index contributed by atoms with van der Waals surface area (Å²) < 4.78 is 4.85. The van der Waals surface area contributed by atoms with Gasteiger partial charge in [0, 0.05) is 7.05 Å². The number of hydrogen-bond donors (Lipinski definition) is 1. The standard InChI is InChI=1S/C7H14N2O/c1-7(2)4-5-10-6-9-8-3/h4-8H,1-3H3/b5-4+,9-6-. The Balaban J connectivity index is 3.26. The Kier molecular flexibility index (Phi) is 5.53. The zero-order valence-corrected chi connectivity index (χ0v) is 6.66. The van der Waals surface area contributed by atoms with Crippen molar-refractivity contribution in [3.8, 4) is 0 Å². The van der Waals surface area contributed by atoms with Crippen LogP contribution in [0.3, 0.4) is 0 Å². The van der Waals surface area contributed by atoms with Crippen molar-refractivity contribution in [1.29, 1.82) is 0 Å². The first-order chi connectivity index (χ1) is 4.77. The van der Waals surface area contributed by atoms with Crippen LogP contribution < -0.4 is 5.43 Å². The monoisotopic (exact) mass is 142 g/mol. The largest absolute Gasteiger partial charge is 0.452 e. The molecule has 58 valence electrons. The summed E-state index contributed by atoms with van der Waals surface area (Å²) in [6.45, 7) is 4.16. The summed E-state index contributed by atoms with van der Waals surface area (Å²) in [5.74, 6) is 0.517. The Bertz CT molecular complexity index is 119. The summed E-state index contributed by atoms with van der Waals surface area (Å²) in [4.78, 5) is 0. The van der Waals surface area contributed by atoms with Crippen molar-refractivity contribution in [2.75, 3.05) is 7.05 Å². The second-order valence-electron chi connectivity index (χ2n) is 2.17. The molecular weight excluding hydrogens is 128 g/mol. The minimum Gasteiger partial charge on any atom is -0.452 e. The van der Waals surface area contributed by atoms with E-state index < -0.39 is 0 Å². The number of nitrogens with zero attached hydrogens (tertiary/aromatic N) is 1. The summed E-state index contributed by atoms with van der Waals surface area (Å²) in [6.07, 6.45) is 4.91. The SMILES string of the molecule is CN/N=C\O/C=C/C(C)C. The lowest BCUT2D eigenvalue weighted by Gasteiger charge is -1.92. The maximum absolute atomic E-state index is 4.85. The molecule has 0 saturated carbocycles. The Morgan fingerprint density at radius 3 is 2.70 bits per heavy atom. The second-order valence-corrected chi connectivity index (χ2v) is 2.17. The molecule has 0 heterocycles. The number of ether oxygens (including phenoxy) is 1. The van der Waals surface area contributed by atoms with Crippen LogP contribution in [0.4, 0.5) is 0 Å². The zero-order valence-electron chi connectivity index (χ0n) is 6.66. The molecule has 3 nitrogen and oxygen atoms in total. The lowest BCUT2D eigenvalue weighted by molar-refractivity contribution is 0.481. The van der Waals surface area contributed by atoms with Crippen LogP contribution in [0, 0.1) is 5.92 Å². The van der Waals surface area contributed by atoms with Crippen molar-refractivity contribution in [2.24, 2.45) is 11.0 Å². The van der Waals surface area contributed by atoms with Crippen LogP contribution in [-0.2, 0) is 4.74 Å². The van der Waals surface area contributed by atoms with E-state index in [0.29, 0.717) is 5.92 Å². The van der Waals surface area contributed by atoms with Crippen molar-refractivity contribution in [1.82, 2.24) is 5.43 Å². The molecular formula is C7H14N2O. The molecule has 0 aliphatic rings. The number of allylic oxidation sites excluding steroid dienone is 1. The van der Waals surface area contributed by atoms with E-state index in [1.54, 1.807) is 13.3 Å². The third-order valence-electron chi connectivity index (χ3n) is 0.785. The molecule has 0 atom stereocenters. The smallest absolute Gasteiger partial charge is 0.198 e. The van der Waals surface area contributed by atoms with E-state index in [0.717, 1.165) is 0 Å². The van der Waals surface area contributed by atoms with Crippen molar-refractivity contribution in [3.63, 3.8) is 0 Å². The fourth-order valence-corrected chi connectivity index (χ4v) is 0.321. The van der Waals surface area contributed by atoms with Crippen molar-refractivity contribution < 1.29 is 4.74 Å². The maximum Gasteiger partial charge on any atom is 0.198 e. The highest BCUT2D eigenvalue weighted by Crippen LogP contribution is 1.92. The van der Waals surface area contributed by atoms with Gasteiger partial charge in [0.1, 0.15) is 0 Å². The molecule has 0 unspecified atom stereocenters. The Morgan fingerprint density at radius 2 is 2.20 bits per heavy atom. The lowest BCUT2D eigenvalue weighted by Crippen LogP contribution is -1.94. The third kappa shape index (κ3) is 7.01.